The van der Waals surface area contributed by atoms with E-state index in [4.69, 9.17) is 4.74 Å². The summed E-state index contributed by atoms with van der Waals surface area (Å²) in [4.78, 5) is 33.9. The molecule has 0 aromatic carbocycles. The van der Waals surface area contributed by atoms with E-state index in [1.165, 1.54) is 15.9 Å². The van der Waals surface area contributed by atoms with Crippen LogP contribution in [0.1, 0.15) is 50.9 Å². The highest BCUT2D eigenvalue weighted by atomic mass is 32.1. The first kappa shape index (κ1) is 19.0. The number of carbonyl (C=O) groups is 2. The molecule has 29 heavy (non-hydrogen) atoms. The monoisotopic (exact) mass is 410 g/mol. The Morgan fingerprint density at radius 2 is 2.10 bits per heavy atom. The maximum atomic E-state index is 12.3. The minimum atomic E-state index is -0.811. The fourth-order valence-corrected chi connectivity index (χ4v) is 4.64. The van der Waals surface area contributed by atoms with Crippen LogP contribution in [0.5, 0.6) is 0 Å². The minimum absolute atomic E-state index is 0.164. The van der Waals surface area contributed by atoms with E-state index in [0.29, 0.717) is 16.3 Å². The number of esters is 1. The van der Waals surface area contributed by atoms with Gasteiger partial charge in [0.2, 0.25) is 0 Å². The van der Waals surface area contributed by atoms with Crippen LogP contribution in [-0.2, 0) is 22.4 Å². The van der Waals surface area contributed by atoms with Gasteiger partial charge >= 0.3 is 5.97 Å². The van der Waals surface area contributed by atoms with Crippen LogP contribution in [0.4, 0.5) is 5.00 Å². The lowest BCUT2D eigenvalue weighted by Crippen LogP contribution is -2.21. The molecule has 0 aliphatic heterocycles. The number of nitrogens with zero attached hydrogens (tertiary/aromatic N) is 5. The molecule has 3 aromatic rings. The van der Waals surface area contributed by atoms with Gasteiger partial charge in [0, 0.05) is 16.3 Å². The zero-order valence-electron chi connectivity index (χ0n) is 16.0. The molecule has 0 fully saturated rings. The smallest absolute Gasteiger partial charge is 0.378 e. The number of hydrogen-bond acceptors (Lipinski definition) is 8. The number of ether oxygens (including phenoxy) is 1. The number of hydrogen-bond donors (Lipinski definition) is 1. The minimum Gasteiger partial charge on any atom is -0.450 e. The Morgan fingerprint density at radius 1 is 1.31 bits per heavy atom. The van der Waals surface area contributed by atoms with Crippen molar-refractivity contribution in [2.45, 2.75) is 39.5 Å². The van der Waals surface area contributed by atoms with Gasteiger partial charge in [-0.1, -0.05) is 0 Å². The number of aryl methyl sites for hydroxylation is 3. The standard InChI is InChI=1S/C19H18N6O3S/c1-10-7-11(2)25-19(21-10)23-16(24-25)18(27)28-9-15(26)22-17-13(8-20)12-5-3-4-6-14(12)29-17/h7H,3-6,9H2,1-2H3,(H,22,26). The number of fused-ring (bicyclic) bond motifs is 2. The zero-order valence-corrected chi connectivity index (χ0v) is 16.8. The number of aromatic nitrogens is 4. The Balaban J connectivity index is 1.43. The molecule has 148 valence electrons. The van der Waals surface area contributed by atoms with Crippen LogP contribution in [-0.4, -0.2) is 38.1 Å². The molecule has 10 heteroatoms. The number of anilines is 1. The van der Waals surface area contributed by atoms with Crippen molar-refractivity contribution in [3.63, 3.8) is 0 Å². The highest BCUT2D eigenvalue weighted by Gasteiger charge is 2.23. The Morgan fingerprint density at radius 3 is 2.90 bits per heavy atom. The van der Waals surface area contributed by atoms with E-state index in [-0.39, 0.29) is 5.82 Å². The molecule has 0 bridgehead atoms. The number of carbonyl (C=O) groups excluding carboxylic acids is 2. The van der Waals surface area contributed by atoms with E-state index < -0.39 is 18.5 Å². The topological polar surface area (TPSA) is 122 Å². The third kappa shape index (κ3) is 3.69. The molecule has 0 saturated carbocycles. The maximum absolute atomic E-state index is 12.3. The Labute approximate surface area is 170 Å². The summed E-state index contributed by atoms with van der Waals surface area (Å²) in [7, 11) is 0. The second-order valence-corrected chi connectivity index (χ2v) is 7.94. The van der Waals surface area contributed by atoms with E-state index >= 15 is 0 Å². The summed E-state index contributed by atoms with van der Waals surface area (Å²) < 4.78 is 6.49. The van der Waals surface area contributed by atoms with Crippen LogP contribution >= 0.6 is 11.3 Å². The van der Waals surface area contributed by atoms with Crippen molar-refractivity contribution in [2.24, 2.45) is 0 Å². The van der Waals surface area contributed by atoms with E-state index in [2.05, 4.69) is 26.5 Å². The fraction of sp³-hybridized carbons (Fsp3) is 0.368. The third-order valence-electron chi connectivity index (χ3n) is 4.67. The van der Waals surface area contributed by atoms with Crippen LogP contribution in [0.2, 0.25) is 0 Å². The first-order chi connectivity index (χ1) is 14.0. The number of thiophene rings is 1. The van der Waals surface area contributed by atoms with Crippen LogP contribution in [0.25, 0.3) is 5.78 Å². The lowest BCUT2D eigenvalue weighted by molar-refractivity contribution is -0.119. The summed E-state index contributed by atoms with van der Waals surface area (Å²) in [6, 6.07) is 4.00. The SMILES string of the molecule is Cc1cc(C)n2nc(C(=O)OCC(=O)Nc3sc4c(c3C#N)CCCC4)nc2n1. The van der Waals surface area contributed by atoms with Gasteiger partial charge in [-0.25, -0.2) is 14.3 Å². The summed E-state index contributed by atoms with van der Waals surface area (Å²) in [5.41, 5.74) is 3.09. The molecule has 9 nitrogen and oxygen atoms in total. The lowest BCUT2D eigenvalue weighted by Gasteiger charge is -2.09. The number of nitrogens with one attached hydrogen (secondary N) is 1. The van der Waals surface area contributed by atoms with Crippen molar-refractivity contribution in [1.82, 2.24) is 19.6 Å². The fourth-order valence-electron chi connectivity index (χ4n) is 3.38. The van der Waals surface area contributed by atoms with Gasteiger partial charge in [-0.05, 0) is 51.2 Å². The predicted molar refractivity (Wildman–Crippen MR) is 105 cm³/mol. The Hall–Kier alpha value is -3.32. The molecule has 1 aliphatic carbocycles. The average molecular weight is 410 g/mol. The second kappa shape index (κ2) is 7.60. The van der Waals surface area contributed by atoms with Gasteiger partial charge in [-0.15, -0.1) is 16.4 Å². The van der Waals surface area contributed by atoms with Gasteiger partial charge in [-0.3, -0.25) is 4.79 Å². The summed E-state index contributed by atoms with van der Waals surface area (Å²) in [6.45, 7) is 3.15. The van der Waals surface area contributed by atoms with E-state index in [1.807, 2.05) is 19.9 Å². The van der Waals surface area contributed by atoms with E-state index in [1.54, 1.807) is 0 Å². The molecule has 0 unspecified atom stereocenters. The molecule has 1 N–H and O–H groups in total. The predicted octanol–water partition coefficient (Wildman–Crippen LogP) is 2.35. The first-order valence-electron chi connectivity index (χ1n) is 9.19. The van der Waals surface area contributed by atoms with Crippen molar-refractivity contribution in [2.75, 3.05) is 11.9 Å². The number of rotatable bonds is 4. The van der Waals surface area contributed by atoms with Gasteiger partial charge in [0.05, 0.1) is 5.56 Å². The van der Waals surface area contributed by atoms with Crippen molar-refractivity contribution in [3.05, 3.63) is 39.3 Å². The van der Waals surface area contributed by atoms with Gasteiger partial charge in [0.25, 0.3) is 17.5 Å². The molecule has 0 spiro atoms. The van der Waals surface area contributed by atoms with Crippen LogP contribution in [0.15, 0.2) is 6.07 Å². The summed E-state index contributed by atoms with van der Waals surface area (Å²) in [5, 5.41) is 16.7. The molecule has 3 heterocycles. The molecule has 1 amide bonds. The summed E-state index contributed by atoms with van der Waals surface area (Å²) in [5.74, 6) is -1.19. The lowest BCUT2D eigenvalue weighted by atomic mass is 9.96. The normalized spacial score (nSPS) is 13.0. The first-order valence-corrected chi connectivity index (χ1v) is 10.0. The van der Waals surface area contributed by atoms with Gasteiger partial charge in [-0.2, -0.15) is 10.2 Å². The van der Waals surface area contributed by atoms with Crippen molar-refractivity contribution in [3.8, 4) is 6.07 Å². The second-order valence-electron chi connectivity index (χ2n) is 6.84. The molecule has 0 saturated heterocycles. The largest absolute Gasteiger partial charge is 0.450 e. The Kier molecular flexibility index (Phi) is 4.98. The van der Waals surface area contributed by atoms with Crippen LogP contribution < -0.4 is 5.32 Å². The summed E-state index contributed by atoms with van der Waals surface area (Å²) >= 11 is 1.42. The zero-order chi connectivity index (χ0) is 20.5. The molecule has 0 radical (unpaired) electrons. The maximum Gasteiger partial charge on any atom is 0.378 e. The highest BCUT2D eigenvalue weighted by molar-refractivity contribution is 7.16. The van der Waals surface area contributed by atoms with Crippen molar-refractivity contribution in [1.29, 1.82) is 5.26 Å². The van der Waals surface area contributed by atoms with Crippen LogP contribution in [0, 0.1) is 25.2 Å². The average Bonchev–Trinajstić information content (AvgIpc) is 3.27. The number of nitriles is 1. The van der Waals surface area contributed by atoms with Crippen LogP contribution in [0.3, 0.4) is 0 Å². The molecule has 1 aliphatic rings. The molecule has 4 rings (SSSR count). The quantitative estimate of drug-likeness (QED) is 0.655. The number of amides is 1. The molecular formula is C19H18N6O3S. The van der Waals surface area contributed by atoms with E-state index in [0.717, 1.165) is 47.5 Å². The van der Waals surface area contributed by atoms with Gasteiger partial charge < -0.3 is 10.1 Å². The Bertz CT molecular complexity index is 1170. The van der Waals surface area contributed by atoms with Crippen molar-refractivity contribution >= 4 is 34.0 Å². The van der Waals surface area contributed by atoms with Crippen molar-refractivity contribution < 1.29 is 14.3 Å². The van der Waals surface area contributed by atoms with E-state index in [9.17, 15) is 14.9 Å². The van der Waals surface area contributed by atoms with Gasteiger partial charge in [0.1, 0.15) is 11.1 Å². The molecule has 0 atom stereocenters. The summed E-state index contributed by atoms with van der Waals surface area (Å²) in [6.07, 6.45) is 3.91. The highest BCUT2D eigenvalue weighted by Crippen LogP contribution is 2.37. The third-order valence-corrected chi connectivity index (χ3v) is 5.88. The van der Waals surface area contributed by atoms with Gasteiger partial charge in [0.15, 0.2) is 6.61 Å². The molecular weight excluding hydrogens is 392 g/mol. The molecule has 3 aromatic heterocycles.